The number of amides is 1. The summed E-state index contributed by atoms with van der Waals surface area (Å²) >= 11 is 6.28. The molecule has 1 amide bonds. The number of carboxylic acid groups (broad SMARTS) is 1. The quantitative estimate of drug-likeness (QED) is 0.616. The zero-order valence-electron chi connectivity index (χ0n) is 16.3. The van der Waals surface area contributed by atoms with Crippen LogP contribution in [0.1, 0.15) is 37.0 Å². The van der Waals surface area contributed by atoms with Crippen molar-refractivity contribution in [1.82, 2.24) is 15.1 Å². The fourth-order valence-corrected chi connectivity index (χ4v) is 4.41. The molecule has 7 heteroatoms. The number of piperidine rings is 1. The van der Waals surface area contributed by atoms with Gasteiger partial charge in [-0.2, -0.15) is 5.10 Å². The van der Waals surface area contributed by atoms with E-state index in [0.29, 0.717) is 24.7 Å². The van der Waals surface area contributed by atoms with Crippen molar-refractivity contribution in [1.29, 1.82) is 0 Å². The van der Waals surface area contributed by atoms with E-state index >= 15 is 0 Å². The highest BCUT2D eigenvalue weighted by Crippen LogP contribution is 2.38. The molecule has 1 aliphatic rings. The lowest BCUT2D eigenvalue weighted by Crippen LogP contribution is -2.47. The lowest BCUT2D eigenvalue weighted by molar-refractivity contribution is 0.00559. The molecule has 0 saturated carbocycles. The number of nitrogens with zero attached hydrogens (tertiary/aromatic N) is 2. The first-order valence-corrected chi connectivity index (χ1v) is 10.1. The van der Waals surface area contributed by atoms with E-state index in [2.05, 4.69) is 22.3 Å². The molecule has 2 N–H and O–H groups in total. The molecule has 1 aliphatic heterocycles. The molecule has 2 aromatic carbocycles. The van der Waals surface area contributed by atoms with Crippen molar-refractivity contribution in [3.05, 3.63) is 64.8 Å². The van der Waals surface area contributed by atoms with Crippen molar-refractivity contribution in [2.45, 2.75) is 31.3 Å². The Morgan fingerprint density at radius 2 is 2.03 bits per heavy atom. The van der Waals surface area contributed by atoms with Crippen LogP contribution in [0.25, 0.3) is 10.9 Å². The van der Waals surface area contributed by atoms with Gasteiger partial charge in [-0.1, -0.05) is 41.9 Å². The van der Waals surface area contributed by atoms with Gasteiger partial charge in [-0.3, -0.25) is 5.10 Å². The largest absolute Gasteiger partial charge is 0.465 e. The van der Waals surface area contributed by atoms with Crippen molar-refractivity contribution in [3.63, 3.8) is 0 Å². The summed E-state index contributed by atoms with van der Waals surface area (Å²) in [6, 6.07) is 14.0. The van der Waals surface area contributed by atoms with E-state index in [4.69, 9.17) is 16.3 Å². The van der Waals surface area contributed by atoms with E-state index in [9.17, 15) is 9.90 Å². The predicted octanol–water partition coefficient (Wildman–Crippen LogP) is 5.01. The van der Waals surface area contributed by atoms with Gasteiger partial charge in [0, 0.05) is 34.5 Å². The van der Waals surface area contributed by atoms with Gasteiger partial charge in [0.1, 0.15) is 0 Å². The summed E-state index contributed by atoms with van der Waals surface area (Å²) in [5, 5.41) is 18.1. The molecular weight excluding hydrogens is 390 g/mol. The van der Waals surface area contributed by atoms with Gasteiger partial charge in [0.2, 0.25) is 0 Å². The van der Waals surface area contributed by atoms with Crippen LogP contribution in [0.5, 0.6) is 0 Å². The first-order chi connectivity index (χ1) is 14.0. The van der Waals surface area contributed by atoms with Crippen LogP contribution in [-0.2, 0) is 10.2 Å². The molecule has 6 nitrogen and oxygen atoms in total. The number of hydrogen-bond acceptors (Lipinski definition) is 3. The topological polar surface area (TPSA) is 78.4 Å². The monoisotopic (exact) mass is 413 g/mol. The lowest BCUT2D eigenvalue weighted by Gasteiger charge is -2.41. The molecule has 1 unspecified atom stereocenters. The summed E-state index contributed by atoms with van der Waals surface area (Å²) in [6.07, 6.45) is 2.16. The highest BCUT2D eigenvalue weighted by atomic mass is 35.5. The fraction of sp³-hybridized carbons (Fsp3) is 0.364. The third kappa shape index (κ3) is 3.95. The number of nitrogens with one attached hydrogen (secondary N) is 1. The van der Waals surface area contributed by atoms with Crippen LogP contribution < -0.4 is 0 Å². The standard InChI is InChI=1S/C22H24ClN3O3/c1-15(19-12-18(23)11-16-13-24-25-20(16)19)29-14-22(17-5-3-2-4-6-17)7-9-26(10-8-22)21(27)28/h2-6,11-13,15H,7-10,14H2,1H3,(H,24,25)(H,27,28). The predicted molar refractivity (Wildman–Crippen MR) is 112 cm³/mol. The highest BCUT2D eigenvalue weighted by Gasteiger charge is 2.38. The lowest BCUT2D eigenvalue weighted by atomic mass is 9.73. The minimum atomic E-state index is -0.860. The van der Waals surface area contributed by atoms with E-state index in [-0.39, 0.29) is 11.5 Å². The van der Waals surface area contributed by atoms with Crippen LogP contribution in [0.4, 0.5) is 4.79 Å². The third-order valence-corrected chi connectivity index (χ3v) is 6.19. The smallest absolute Gasteiger partial charge is 0.407 e. The Labute approximate surface area is 174 Å². The van der Waals surface area contributed by atoms with Crippen LogP contribution in [0.3, 0.4) is 0 Å². The molecule has 2 heterocycles. The molecule has 1 saturated heterocycles. The number of fused-ring (bicyclic) bond motifs is 1. The van der Waals surface area contributed by atoms with Gasteiger partial charge in [-0.15, -0.1) is 0 Å². The minimum absolute atomic E-state index is 0.185. The number of aromatic nitrogens is 2. The Morgan fingerprint density at radius 1 is 1.31 bits per heavy atom. The number of ether oxygens (including phenoxy) is 1. The van der Waals surface area contributed by atoms with Crippen LogP contribution in [0.2, 0.25) is 5.02 Å². The van der Waals surface area contributed by atoms with E-state index < -0.39 is 6.09 Å². The molecule has 1 aromatic heterocycles. The summed E-state index contributed by atoms with van der Waals surface area (Å²) in [6.45, 7) is 3.53. The van der Waals surface area contributed by atoms with E-state index in [1.54, 1.807) is 6.20 Å². The highest BCUT2D eigenvalue weighted by molar-refractivity contribution is 6.31. The van der Waals surface area contributed by atoms with Crippen molar-refractivity contribution in [3.8, 4) is 0 Å². The molecular formula is C22H24ClN3O3. The third-order valence-electron chi connectivity index (χ3n) is 5.97. The average molecular weight is 414 g/mol. The van der Waals surface area contributed by atoms with E-state index in [0.717, 1.165) is 29.3 Å². The number of likely N-dealkylation sites (tertiary alicyclic amines) is 1. The van der Waals surface area contributed by atoms with E-state index in [1.165, 1.54) is 10.5 Å². The number of rotatable bonds is 5. The second-order valence-electron chi connectivity index (χ2n) is 7.70. The molecule has 4 rings (SSSR count). The Balaban J connectivity index is 1.57. The second kappa shape index (κ2) is 8.05. The number of halogens is 1. The Morgan fingerprint density at radius 3 is 2.72 bits per heavy atom. The summed E-state index contributed by atoms with van der Waals surface area (Å²) in [4.78, 5) is 12.8. The Hall–Kier alpha value is -2.57. The van der Waals surface area contributed by atoms with Crippen LogP contribution >= 0.6 is 11.6 Å². The van der Waals surface area contributed by atoms with Crippen molar-refractivity contribution < 1.29 is 14.6 Å². The molecule has 0 bridgehead atoms. The van der Waals surface area contributed by atoms with Crippen molar-refractivity contribution in [2.75, 3.05) is 19.7 Å². The zero-order valence-corrected chi connectivity index (χ0v) is 17.0. The Bertz CT molecular complexity index is 997. The summed E-state index contributed by atoms with van der Waals surface area (Å²) in [5.41, 5.74) is 2.87. The molecule has 1 atom stereocenters. The molecule has 29 heavy (non-hydrogen) atoms. The number of aromatic amines is 1. The van der Waals surface area contributed by atoms with Gasteiger partial charge in [0.05, 0.1) is 24.4 Å². The Kier molecular flexibility index (Phi) is 5.48. The van der Waals surface area contributed by atoms with E-state index in [1.807, 2.05) is 37.3 Å². The SMILES string of the molecule is CC(OCC1(c2ccccc2)CCN(C(=O)O)CC1)c1cc(Cl)cc2cn[nH]c12. The zero-order chi connectivity index (χ0) is 20.4. The van der Waals surface area contributed by atoms with Gasteiger partial charge in [0.25, 0.3) is 0 Å². The summed E-state index contributed by atoms with van der Waals surface area (Å²) < 4.78 is 6.38. The second-order valence-corrected chi connectivity index (χ2v) is 8.13. The van der Waals surface area contributed by atoms with Crippen molar-refractivity contribution >= 4 is 28.6 Å². The number of H-pyrrole nitrogens is 1. The maximum Gasteiger partial charge on any atom is 0.407 e. The first-order valence-electron chi connectivity index (χ1n) is 9.76. The van der Waals surface area contributed by atoms with Crippen LogP contribution in [0, 0.1) is 0 Å². The van der Waals surface area contributed by atoms with Gasteiger partial charge in [-0.25, -0.2) is 4.79 Å². The summed E-state index contributed by atoms with van der Waals surface area (Å²) in [5.74, 6) is 0. The molecule has 0 aliphatic carbocycles. The number of benzene rings is 2. The van der Waals surface area contributed by atoms with Gasteiger partial charge >= 0.3 is 6.09 Å². The minimum Gasteiger partial charge on any atom is -0.465 e. The normalized spacial score (nSPS) is 17.4. The molecule has 0 radical (unpaired) electrons. The van der Waals surface area contributed by atoms with Gasteiger partial charge < -0.3 is 14.7 Å². The maximum absolute atomic E-state index is 11.4. The van der Waals surface area contributed by atoms with Gasteiger partial charge in [0.15, 0.2) is 0 Å². The van der Waals surface area contributed by atoms with Crippen molar-refractivity contribution in [2.24, 2.45) is 0 Å². The number of hydrogen-bond donors (Lipinski definition) is 2. The van der Waals surface area contributed by atoms with Crippen LogP contribution in [-0.4, -0.2) is 46.0 Å². The molecule has 3 aromatic rings. The molecule has 0 spiro atoms. The number of carbonyl (C=O) groups is 1. The van der Waals surface area contributed by atoms with Gasteiger partial charge in [-0.05, 0) is 37.5 Å². The molecule has 152 valence electrons. The average Bonchev–Trinajstić information content (AvgIpc) is 3.20. The fourth-order valence-electron chi connectivity index (χ4n) is 4.18. The molecule has 1 fully saturated rings. The van der Waals surface area contributed by atoms with Crippen LogP contribution in [0.15, 0.2) is 48.7 Å². The maximum atomic E-state index is 11.4. The summed E-state index contributed by atoms with van der Waals surface area (Å²) in [7, 11) is 0. The first kappa shape index (κ1) is 19.7.